The minimum atomic E-state index is -3.57. The number of anilines is 1. The summed E-state index contributed by atoms with van der Waals surface area (Å²) in [6.45, 7) is 4.07. The SMILES string of the molecule is CS(=O)(=O)N(CC(=O)NCCN1CCOCC1)c1ccccc1Br. The van der Waals surface area contributed by atoms with Gasteiger partial charge in [0, 0.05) is 30.7 Å². The van der Waals surface area contributed by atoms with Crippen molar-refractivity contribution in [2.75, 3.05) is 56.5 Å². The Labute approximate surface area is 151 Å². The molecule has 1 aliphatic rings. The highest BCUT2D eigenvalue weighted by atomic mass is 79.9. The van der Waals surface area contributed by atoms with Gasteiger partial charge in [0.1, 0.15) is 6.54 Å². The second-order valence-corrected chi connectivity index (χ2v) is 8.29. The highest BCUT2D eigenvalue weighted by Crippen LogP contribution is 2.27. The van der Waals surface area contributed by atoms with Crippen LogP contribution in [0.1, 0.15) is 0 Å². The molecule has 0 aliphatic carbocycles. The fourth-order valence-electron chi connectivity index (χ4n) is 2.40. The number of ether oxygens (including phenoxy) is 1. The van der Waals surface area contributed by atoms with E-state index in [9.17, 15) is 13.2 Å². The van der Waals surface area contributed by atoms with Crippen molar-refractivity contribution in [2.45, 2.75) is 0 Å². The standard InChI is InChI=1S/C15H22BrN3O4S/c1-24(21,22)19(14-5-3-2-4-13(14)16)12-15(20)17-6-7-18-8-10-23-11-9-18/h2-5H,6-12H2,1H3,(H,17,20). The number of amides is 1. The number of benzene rings is 1. The van der Waals surface area contributed by atoms with Crippen LogP contribution in [0.3, 0.4) is 0 Å². The third-order valence-electron chi connectivity index (χ3n) is 3.66. The van der Waals surface area contributed by atoms with Gasteiger partial charge in [-0.05, 0) is 28.1 Å². The second-order valence-electron chi connectivity index (χ2n) is 5.53. The molecule has 9 heteroatoms. The largest absolute Gasteiger partial charge is 0.379 e. The van der Waals surface area contributed by atoms with Crippen LogP contribution < -0.4 is 9.62 Å². The molecule has 0 spiro atoms. The van der Waals surface area contributed by atoms with E-state index in [0.29, 0.717) is 29.9 Å². The monoisotopic (exact) mass is 419 g/mol. The van der Waals surface area contributed by atoms with Crippen LogP contribution in [0.15, 0.2) is 28.7 Å². The zero-order valence-corrected chi connectivity index (χ0v) is 16.0. The Bertz CT molecular complexity index is 662. The lowest BCUT2D eigenvalue weighted by molar-refractivity contribution is -0.119. The number of sulfonamides is 1. The lowest BCUT2D eigenvalue weighted by atomic mass is 10.3. The molecule has 0 radical (unpaired) electrons. The Morgan fingerprint density at radius 2 is 2.00 bits per heavy atom. The van der Waals surface area contributed by atoms with E-state index in [1.165, 1.54) is 0 Å². The normalized spacial score (nSPS) is 15.9. The fraction of sp³-hybridized carbons (Fsp3) is 0.533. The number of rotatable bonds is 7. The van der Waals surface area contributed by atoms with Gasteiger partial charge in [-0.3, -0.25) is 14.0 Å². The Morgan fingerprint density at radius 1 is 1.33 bits per heavy atom. The highest BCUT2D eigenvalue weighted by molar-refractivity contribution is 9.10. The summed E-state index contributed by atoms with van der Waals surface area (Å²) < 4.78 is 31.1. The molecule has 134 valence electrons. The minimum Gasteiger partial charge on any atom is -0.379 e. The van der Waals surface area contributed by atoms with E-state index in [1.54, 1.807) is 24.3 Å². The van der Waals surface area contributed by atoms with Crippen LogP contribution in [0.4, 0.5) is 5.69 Å². The highest BCUT2D eigenvalue weighted by Gasteiger charge is 2.22. The van der Waals surface area contributed by atoms with Crippen molar-refractivity contribution in [2.24, 2.45) is 0 Å². The molecular weight excluding hydrogens is 398 g/mol. The van der Waals surface area contributed by atoms with Crippen LogP contribution in [-0.4, -0.2) is 71.4 Å². The lowest BCUT2D eigenvalue weighted by Crippen LogP contribution is -2.44. The van der Waals surface area contributed by atoms with Gasteiger partial charge in [-0.1, -0.05) is 12.1 Å². The Kier molecular flexibility index (Phi) is 7.02. The topological polar surface area (TPSA) is 79.0 Å². The molecule has 1 aromatic carbocycles. The molecule has 1 fully saturated rings. The van der Waals surface area contributed by atoms with Crippen LogP contribution >= 0.6 is 15.9 Å². The zero-order valence-electron chi connectivity index (χ0n) is 13.6. The molecule has 1 aromatic rings. The van der Waals surface area contributed by atoms with E-state index in [0.717, 1.165) is 30.2 Å². The molecule has 1 saturated heterocycles. The lowest BCUT2D eigenvalue weighted by Gasteiger charge is -2.27. The first kappa shape index (κ1) is 19.2. The van der Waals surface area contributed by atoms with E-state index < -0.39 is 10.0 Å². The van der Waals surface area contributed by atoms with Crippen LogP contribution in [0.2, 0.25) is 0 Å². The van der Waals surface area contributed by atoms with Crippen molar-refractivity contribution in [3.05, 3.63) is 28.7 Å². The number of nitrogens with zero attached hydrogens (tertiary/aromatic N) is 2. The van der Waals surface area contributed by atoms with Gasteiger partial charge < -0.3 is 10.1 Å². The molecule has 1 amide bonds. The van der Waals surface area contributed by atoms with Crippen molar-refractivity contribution in [3.63, 3.8) is 0 Å². The van der Waals surface area contributed by atoms with E-state index in [-0.39, 0.29) is 12.5 Å². The molecule has 0 aromatic heterocycles. The molecule has 2 rings (SSSR count). The van der Waals surface area contributed by atoms with Crippen LogP contribution in [0.25, 0.3) is 0 Å². The summed E-state index contributed by atoms with van der Waals surface area (Å²) in [6.07, 6.45) is 1.09. The van der Waals surface area contributed by atoms with Crippen LogP contribution in [0.5, 0.6) is 0 Å². The predicted octanol–water partition coefficient (Wildman–Crippen LogP) is 0.664. The van der Waals surface area contributed by atoms with Gasteiger partial charge in [-0.2, -0.15) is 0 Å². The summed E-state index contributed by atoms with van der Waals surface area (Å²) in [5.74, 6) is -0.329. The number of carbonyl (C=O) groups excluding carboxylic acids is 1. The summed E-state index contributed by atoms with van der Waals surface area (Å²) in [4.78, 5) is 14.4. The Hall–Kier alpha value is -1.16. The quantitative estimate of drug-likeness (QED) is 0.702. The number of halogens is 1. The van der Waals surface area contributed by atoms with E-state index in [2.05, 4.69) is 26.1 Å². The molecule has 0 saturated carbocycles. The van der Waals surface area contributed by atoms with E-state index in [1.807, 2.05) is 0 Å². The van der Waals surface area contributed by atoms with Crippen LogP contribution in [-0.2, 0) is 19.6 Å². The first-order chi connectivity index (χ1) is 11.4. The summed E-state index contributed by atoms with van der Waals surface area (Å²) in [5, 5.41) is 2.78. The van der Waals surface area contributed by atoms with Crippen molar-refractivity contribution in [3.8, 4) is 0 Å². The van der Waals surface area contributed by atoms with Gasteiger partial charge in [-0.15, -0.1) is 0 Å². The molecular formula is C15H22BrN3O4S. The van der Waals surface area contributed by atoms with Gasteiger partial charge in [0.2, 0.25) is 15.9 Å². The molecule has 1 aliphatic heterocycles. The third kappa shape index (κ3) is 5.73. The van der Waals surface area contributed by atoms with Gasteiger partial charge in [-0.25, -0.2) is 8.42 Å². The number of morpholine rings is 1. The molecule has 0 bridgehead atoms. The number of para-hydroxylation sites is 1. The molecule has 0 atom stereocenters. The second kappa shape index (κ2) is 8.80. The summed E-state index contributed by atoms with van der Waals surface area (Å²) in [7, 11) is -3.57. The summed E-state index contributed by atoms with van der Waals surface area (Å²) in [5.41, 5.74) is 0.448. The van der Waals surface area contributed by atoms with Crippen molar-refractivity contribution >= 4 is 37.5 Å². The first-order valence-corrected chi connectivity index (χ1v) is 10.3. The Balaban J connectivity index is 1.92. The van der Waals surface area contributed by atoms with Crippen molar-refractivity contribution in [1.82, 2.24) is 10.2 Å². The van der Waals surface area contributed by atoms with Gasteiger partial charge in [0.15, 0.2) is 0 Å². The summed E-state index contributed by atoms with van der Waals surface area (Å²) >= 11 is 3.33. The van der Waals surface area contributed by atoms with Gasteiger partial charge in [0.05, 0.1) is 25.2 Å². The maximum atomic E-state index is 12.2. The van der Waals surface area contributed by atoms with Crippen molar-refractivity contribution in [1.29, 1.82) is 0 Å². The van der Waals surface area contributed by atoms with Crippen molar-refractivity contribution < 1.29 is 17.9 Å². The number of hydrogen-bond acceptors (Lipinski definition) is 5. The molecule has 1 heterocycles. The first-order valence-electron chi connectivity index (χ1n) is 7.67. The molecule has 24 heavy (non-hydrogen) atoms. The third-order valence-corrected chi connectivity index (χ3v) is 5.46. The smallest absolute Gasteiger partial charge is 0.240 e. The van der Waals surface area contributed by atoms with Gasteiger partial charge in [0.25, 0.3) is 0 Å². The minimum absolute atomic E-state index is 0.245. The Morgan fingerprint density at radius 3 is 2.62 bits per heavy atom. The average molecular weight is 420 g/mol. The molecule has 7 nitrogen and oxygen atoms in total. The molecule has 1 N–H and O–H groups in total. The number of carbonyl (C=O) groups is 1. The number of hydrogen-bond donors (Lipinski definition) is 1. The van der Waals surface area contributed by atoms with E-state index in [4.69, 9.17) is 4.74 Å². The van der Waals surface area contributed by atoms with Gasteiger partial charge >= 0.3 is 0 Å². The maximum absolute atomic E-state index is 12.2. The zero-order chi connectivity index (χ0) is 17.6. The maximum Gasteiger partial charge on any atom is 0.240 e. The predicted molar refractivity (Wildman–Crippen MR) is 96.6 cm³/mol. The average Bonchev–Trinajstić information content (AvgIpc) is 2.53. The fourth-order valence-corrected chi connectivity index (χ4v) is 3.88. The van der Waals surface area contributed by atoms with E-state index >= 15 is 0 Å². The summed E-state index contributed by atoms with van der Waals surface area (Å²) in [6, 6.07) is 6.92. The number of nitrogens with one attached hydrogen (secondary N) is 1. The molecule has 0 unspecified atom stereocenters. The van der Waals surface area contributed by atoms with Crippen LogP contribution in [0, 0.1) is 0 Å².